The lowest BCUT2D eigenvalue weighted by Crippen LogP contribution is -2.41. The fourth-order valence-corrected chi connectivity index (χ4v) is 4.74. The second-order valence-corrected chi connectivity index (χ2v) is 10.1. The first-order chi connectivity index (χ1) is 16.1. The number of hydrogen-bond donors (Lipinski definition) is 2. The van der Waals surface area contributed by atoms with Crippen LogP contribution in [0.15, 0.2) is 71.6 Å². The van der Waals surface area contributed by atoms with Crippen molar-refractivity contribution < 1.29 is 22.7 Å². The summed E-state index contributed by atoms with van der Waals surface area (Å²) < 4.78 is 39.7. The molecule has 0 bridgehead atoms. The van der Waals surface area contributed by atoms with Crippen molar-refractivity contribution >= 4 is 33.2 Å². The molecule has 1 atom stereocenters. The Morgan fingerprint density at radius 3 is 2.26 bits per heavy atom. The average molecular weight is 503 g/mol. The lowest BCUT2D eigenvalue weighted by Gasteiger charge is -2.18. The number of sulfonamides is 1. The number of hydrogen-bond acceptors (Lipinski definition) is 5. The molecule has 0 heterocycles. The normalized spacial score (nSPS) is 12.3. The van der Waals surface area contributed by atoms with Gasteiger partial charge in [0.2, 0.25) is 15.9 Å². The summed E-state index contributed by atoms with van der Waals surface area (Å²) in [6.07, 6.45) is 0. The van der Waals surface area contributed by atoms with Crippen LogP contribution in [0.5, 0.6) is 17.2 Å². The van der Waals surface area contributed by atoms with Crippen LogP contribution in [0.4, 0.5) is 5.69 Å². The Morgan fingerprint density at radius 2 is 1.62 bits per heavy atom. The van der Waals surface area contributed by atoms with E-state index in [0.29, 0.717) is 22.2 Å². The smallest absolute Gasteiger partial charge is 0.244 e. The number of rotatable bonds is 9. The third-order valence-electron chi connectivity index (χ3n) is 5.04. The number of amides is 1. The van der Waals surface area contributed by atoms with Crippen LogP contribution < -0.4 is 19.5 Å². The highest BCUT2D eigenvalue weighted by Crippen LogP contribution is 2.32. The van der Waals surface area contributed by atoms with Gasteiger partial charge in [-0.3, -0.25) is 4.79 Å². The maximum absolute atomic E-state index is 13.1. The fourth-order valence-electron chi connectivity index (χ4n) is 3.16. The van der Waals surface area contributed by atoms with Crippen molar-refractivity contribution in [3.05, 3.63) is 77.3 Å². The highest BCUT2D eigenvalue weighted by Gasteiger charge is 2.26. The second kappa shape index (κ2) is 10.9. The Bertz CT molecular complexity index is 1260. The van der Waals surface area contributed by atoms with Gasteiger partial charge in [-0.15, -0.1) is 0 Å². The molecule has 7 nitrogen and oxygen atoms in total. The number of carbonyl (C=O) groups is 1. The molecule has 0 fully saturated rings. The molecule has 1 unspecified atom stereocenters. The van der Waals surface area contributed by atoms with E-state index in [9.17, 15) is 13.2 Å². The predicted octanol–water partition coefficient (Wildman–Crippen LogP) is 5.57. The SMILES string of the molecule is COc1ccc(C(C)C)cc1S(=O)(=O)NC(C)C(=O)Nc1cc(Cl)ccc1Oc1ccccc1. The topological polar surface area (TPSA) is 93.7 Å². The zero-order valence-electron chi connectivity index (χ0n) is 19.3. The summed E-state index contributed by atoms with van der Waals surface area (Å²) in [6, 6.07) is 17.7. The van der Waals surface area contributed by atoms with Crippen molar-refractivity contribution in [1.29, 1.82) is 0 Å². The van der Waals surface area contributed by atoms with Gasteiger partial charge >= 0.3 is 0 Å². The molecule has 0 spiro atoms. The molecule has 0 aliphatic carbocycles. The average Bonchev–Trinajstić information content (AvgIpc) is 2.80. The van der Waals surface area contributed by atoms with Crippen molar-refractivity contribution in [2.45, 2.75) is 37.6 Å². The van der Waals surface area contributed by atoms with E-state index in [1.807, 2.05) is 38.1 Å². The summed E-state index contributed by atoms with van der Waals surface area (Å²) in [5, 5.41) is 3.09. The van der Waals surface area contributed by atoms with Gasteiger partial charge in [-0.1, -0.05) is 49.7 Å². The van der Waals surface area contributed by atoms with Gasteiger partial charge in [-0.2, -0.15) is 4.72 Å². The zero-order valence-corrected chi connectivity index (χ0v) is 20.9. The molecule has 9 heteroatoms. The molecule has 0 saturated carbocycles. The quantitative estimate of drug-likeness (QED) is 0.399. The van der Waals surface area contributed by atoms with Gasteiger partial charge < -0.3 is 14.8 Å². The summed E-state index contributed by atoms with van der Waals surface area (Å²) in [6.45, 7) is 5.37. The van der Waals surface area contributed by atoms with E-state index in [4.69, 9.17) is 21.1 Å². The van der Waals surface area contributed by atoms with Crippen molar-refractivity contribution in [3.63, 3.8) is 0 Å². The van der Waals surface area contributed by atoms with Gasteiger partial charge in [0.1, 0.15) is 16.4 Å². The number of halogens is 1. The van der Waals surface area contributed by atoms with Crippen LogP contribution in [0.3, 0.4) is 0 Å². The number of methoxy groups -OCH3 is 1. The molecule has 2 N–H and O–H groups in total. The minimum Gasteiger partial charge on any atom is -0.495 e. The number of para-hydroxylation sites is 1. The number of benzene rings is 3. The summed E-state index contributed by atoms with van der Waals surface area (Å²) in [7, 11) is -2.66. The Kier molecular flexibility index (Phi) is 8.19. The first kappa shape index (κ1) is 25.6. The first-order valence-corrected chi connectivity index (χ1v) is 12.5. The molecule has 0 radical (unpaired) electrons. The van der Waals surface area contributed by atoms with Crippen LogP contribution in [0, 0.1) is 0 Å². The van der Waals surface area contributed by atoms with Crippen LogP contribution in [0.1, 0.15) is 32.3 Å². The number of nitrogens with one attached hydrogen (secondary N) is 2. The van der Waals surface area contributed by atoms with E-state index >= 15 is 0 Å². The van der Waals surface area contributed by atoms with Crippen molar-refractivity contribution in [2.75, 3.05) is 12.4 Å². The Hall–Kier alpha value is -3.07. The van der Waals surface area contributed by atoms with E-state index in [2.05, 4.69) is 10.0 Å². The highest BCUT2D eigenvalue weighted by atomic mass is 35.5. The fraction of sp³-hybridized carbons (Fsp3) is 0.240. The number of ether oxygens (including phenoxy) is 2. The van der Waals surface area contributed by atoms with Crippen LogP contribution in [-0.4, -0.2) is 27.5 Å². The third-order valence-corrected chi connectivity index (χ3v) is 6.84. The standard InChI is InChI=1S/C25H27ClN2O5S/c1-16(2)18-10-12-23(32-4)24(14-18)34(30,31)28-17(3)25(29)27-21-15-19(26)11-13-22(21)33-20-8-6-5-7-9-20/h5-17,28H,1-4H3,(H,27,29). The van der Waals surface area contributed by atoms with E-state index in [1.54, 1.807) is 36.4 Å². The van der Waals surface area contributed by atoms with Gasteiger partial charge in [0, 0.05) is 5.02 Å². The molecule has 3 rings (SSSR count). The Labute approximate surface area is 205 Å². The van der Waals surface area contributed by atoms with Gasteiger partial charge in [0.05, 0.1) is 18.8 Å². The van der Waals surface area contributed by atoms with Crippen molar-refractivity contribution in [1.82, 2.24) is 4.72 Å². The minimum atomic E-state index is -4.06. The molecule has 0 aromatic heterocycles. The molecule has 34 heavy (non-hydrogen) atoms. The first-order valence-electron chi connectivity index (χ1n) is 10.6. The predicted molar refractivity (Wildman–Crippen MR) is 133 cm³/mol. The highest BCUT2D eigenvalue weighted by molar-refractivity contribution is 7.89. The summed E-state index contributed by atoms with van der Waals surface area (Å²) in [5.74, 6) is 0.670. The Morgan fingerprint density at radius 1 is 0.941 bits per heavy atom. The molecule has 1 amide bonds. The maximum atomic E-state index is 13.1. The third kappa shape index (κ3) is 6.28. The molecule has 3 aromatic carbocycles. The van der Waals surface area contributed by atoms with Gasteiger partial charge in [-0.05, 0) is 60.9 Å². The minimum absolute atomic E-state index is 0.0308. The van der Waals surface area contributed by atoms with Gasteiger partial charge in [0.15, 0.2) is 5.75 Å². The summed E-state index contributed by atoms with van der Waals surface area (Å²) >= 11 is 6.11. The molecule has 0 aliphatic rings. The zero-order chi connectivity index (χ0) is 24.9. The maximum Gasteiger partial charge on any atom is 0.244 e. The van der Waals surface area contributed by atoms with Gasteiger partial charge in [0.25, 0.3) is 0 Å². The molecular formula is C25H27ClN2O5S. The molecule has 0 saturated heterocycles. The largest absolute Gasteiger partial charge is 0.495 e. The van der Waals surface area contributed by atoms with Crippen molar-refractivity contribution in [3.8, 4) is 17.2 Å². The van der Waals surface area contributed by atoms with Crippen LogP contribution in [0.25, 0.3) is 0 Å². The van der Waals surface area contributed by atoms with Crippen LogP contribution >= 0.6 is 11.6 Å². The van der Waals surface area contributed by atoms with E-state index in [-0.39, 0.29) is 16.6 Å². The molecule has 3 aromatic rings. The van der Waals surface area contributed by atoms with Crippen molar-refractivity contribution in [2.24, 2.45) is 0 Å². The molecule has 180 valence electrons. The van der Waals surface area contributed by atoms with Crippen LogP contribution in [0.2, 0.25) is 5.02 Å². The molecule has 0 aliphatic heterocycles. The number of carbonyl (C=O) groups excluding carboxylic acids is 1. The number of anilines is 1. The lowest BCUT2D eigenvalue weighted by molar-refractivity contribution is -0.117. The summed E-state index contributed by atoms with van der Waals surface area (Å²) in [5.41, 5.74) is 1.15. The van der Waals surface area contributed by atoms with Crippen LogP contribution in [-0.2, 0) is 14.8 Å². The second-order valence-electron chi connectivity index (χ2n) is 7.95. The molecular weight excluding hydrogens is 476 g/mol. The van der Waals surface area contributed by atoms with E-state index in [0.717, 1.165) is 5.56 Å². The lowest BCUT2D eigenvalue weighted by atomic mass is 10.0. The van der Waals surface area contributed by atoms with E-state index in [1.165, 1.54) is 20.1 Å². The Balaban J connectivity index is 1.81. The summed E-state index contributed by atoms with van der Waals surface area (Å²) in [4.78, 5) is 12.9. The monoisotopic (exact) mass is 502 g/mol. The van der Waals surface area contributed by atoms with Gasteiger partial charge in [-0.25, -0.2) is 8.42 Å². The van der Waals surface area contributed by atoms with E-state index < -0.39 is 22.0 Å².